The zero-order chi connectivity index (χ0) is 49.7. The Morgan fingerprint density at radius 2 is 1.54 bits per heavy atom. The molecule has 1 aliphatic carbocycles. The van der Waals surface area contributed by atoms with Crippen molar-refractivity contribution < 1.29 is 42.6 Å². The number of nitrogens with zero attached hydrogens (tertiary/aromatic N) is 6. The number of piperidine rings is 2. The van der Waals surface area contributed by atoms with Crippen LogP contribution in [0.25, 0.3) is 10.9 Å². The Kier molecular flexibility index (Phi) is 12.5. The molecule has 18 nitrogen and oxygen atoms in total. The third-order valence-corrected chi connectivity index (χ3v) is 15.3. The van der Waals surface area contributed by atoms with Crippen LogP contribution in [-0.4, -0.2) is 125 Å². The number of ether oxygens (including phenoxy) is 2. The van der Waals surface area contributed by atoms with Gasteiger partial charge in [0.25, 0.3) is 5.91 Å². The fourth-order valence-corrected chi connectivity index (χ4v) is 11.1. The number of halogens is 1. The Labute approximate surface area is 414 Å². The van der Waals surface area contributed by atoms with E-state index in [0.717, 1.165) is 74.3 Å². The minimum atomic E-state index is -1.18. The molecule has 2 bridgehead atoms. The molecule has 0 spiro atoms. The van der Waals surface area contributed by atoms with Gasteiger partial charge in [0.15, 0.2) is 0 Å². The number of likely N-dealkylation sites (tertiary alicyclic amines) is 2. The van der Waals surface area contributed by atoms with Crippen molar-refractivity contribution in [1.82, 2.24) is 30.0 Å². The van der Waals surface area contributed by atoms with Gasteiger partial charge in [-0.3, -0.25) is 48.9 Å². The van der Waals surface area contributed by atoms with Crippen LogP contribution in [0.3, 0.4) is 0 Å². The van der Waals surface area contributed by atoms with Crippen LogP contribution in [0.1, 0.15) is 67.3 Å². The highest BCUT2D eigenvalue weighted by molar-refractivity contribution is 6.17. The quantitative estimate of drug-likeness (QED) is 0.0736. The fraction of sp³-hybridized carbons (Fsp3) is 0.396. The summed E-state index contributed by atoms with van der Waals surface area (Å²) in [6.45, 7) is 5.64. The molecule has 1 saturated carbocycles. The molecular formula is C53H55FN10O8. The van der Waals surface area contributed by atoms with Crippen molar-refractivity contribution in [3.8, 4) is 17.2 Å². The number of aromatic nitrogens is 2. The Morgan fingerprint density at radius 3 is 2.22 bits per heavy atom. The van der Waals surface area contributed by atoms with Crippen molar-refractivity contribution in [1.29, 1.82) is 0 Å². The Bertz CT molecular complexity index is 2980. The van der Waals surface area contributed by atoms with E-state index in [1.54, 1.807) is 43.6 Å². The van der Waals surface area contributed by atoms with Crippen molar-refractivity contribution in [2.24, 2.45) is 11.3 Å². The maximum absolute atomic E-state index is 13.3. The van der Waals surface area contributed by atoms with Crippen LogP contribution in [-0.2, 0) is 30.5 Å². The standard InChI is InChI=1S/C53H55FN10O8/c1-71-45-24-39-41(55-18-12-44(39)72-38-8-6-35(7-9-38)58-52(70)53(16-17-53)51(69)57-34-4-2-33(54)3-5-34)25-43(45)61-19-13-31(14-20-61)27-63-30-36-23-37(63)29-62(36)21-15-48(66)59-46-22-32-28-64(50(68)40(32)26-56-46)42-10-11-47(65)60-49(42)67/h2-9,12,18,22,24-26,31,36-37,42H,10-11,13-17,19-21,23,27-30H2,1H3,(H,57,69)(H,58,70)(H,56,59,66)(H,60,65,67)/t36-,37-,42?/m1/s1. The molecule has 1 unspecified atom stereocenters. The molecule has 6 aliphatic rings. The first-order valence-corrected chi connectivity index (χ1v) is 24.7. The largest absolute Gasteiger partial charge is 0.495 e. The fourth-order valence-electron chi connectivity index (χ4n) is 11.1. The summed E-state index contributed by atoms with van der Waals surface area (Å²) >= 11 is 0. The van der Waals surface area contributed by atoms with Crippen LogP contribution >= 0.6 is 0 Å². The SMILES string of the molecule is COc1cc2c(Oc3ccc(NC(=O)C4(C(=O)Nc5ccc(F)cc5)CC4)cc3)ccnc2cc1N1CCC(CN2C[C@H]3C[C@@H]2CN3CCC(=O)Nc2cc3c(cn2)C(=O)N(C2CCC(=O)NC2=O)C3)CC1. The van der Waals surface area contributed by atoms with Crippen molar-refractivity contribution in [2.45, 2.75) is 76.0 Å². The van der Waals surface area contributed by atoms with Gasteiger partial charge in [-0.1, -0.05) is 0 Å². The average molecular weight is 979 g/mol. The lowest BCUT2D eigenvalue weighted by Crippen LogP contribution is -2.52. The number of hydrogen-bond donors (Lipinski definition) is 4. The number of pyridine rings is 2. The summed E-state index contributed by atoms with van der Waals surface area (Å²) in [4.78, 5) is 94.4. The molecular weight excluding hydrogens is 924 g/mol. The number of carbonyl (C=O) groups is 6. The number of fused-ring (bicyclic) bond motifs is 4. The first-order valence-electron chi connectivity index (χ1n) is 24.7. The summed E-state index contributed by atoms with van der Waals surface area (Å²) in [5.41, 5.74) is 2.63. The molecule has 4 saturated heterocycles. The predicted octanol–water partition coefficient (Wildman–Crippen LogP) is 5.69. The summed E-state index contributed by atoms with van der Waals surface area (Å²) < 4.78 is 25.6. The van der Waals surface area contributed by atoms with Crippen molar-refractivity contribution >= 4 is 69.2 Å². The second kappa shape index (κ2) is 19.2. The van der Waals surface area contributed by atoms with E-state index in [-0.39, 0.29) is 37.1 Å². The number of rotatable bonds is 15. The van der Waals surface area contributed by atoms with Crippen LogP contribution in [0, 0.1) is 17.2 Å². The van der Waals surface area contributed by atoms with Gasteiger partial charge in [0.1, 0.15) is 40.3 Å². The molecule has 0 radical (unpaired) electrons. The van der Waals surface area contributed by atoms with E-state index in [9.17, 15) is 33.2 Å². The number of imide groups is 1. The zero-order valence-corrected chi connectivity index (χ0v) is 39.8. The summed E-state index contributed by atoms with van der Waals surface area (Å²) in [5.74, 6) is 0.358. The highest BCUT2D eigenvalue weighted by atomic mass is 19.1. The summed E-state index contributed by atoms with van der Waals surface area (Å²) in [7, 11) is 1.67. The number of nitrogens with one attached hydrogen (secondary N) is 4. The summed E-state index contributed by atoms with van der Waals surface area (Å²) in [6, 6.07) is 20.1. The molecule has 5 aliphatic heterocycles. The zero-order valence-electron chi connectivity index (χ0n) is 39.8. The first-order chi connectivity index (χ1) is 34.9. The number of hydrogen-bond acceptors (Lipinski definition) is 13. The van der Waals surface area contributed by atoms with Crippen LogP contribution in [0.4, 0.5) is 27.3 Å². The molecule has 3 aromatic carbocycles. The number of piperazine rings is 1. The van der Waals surface area contributed by atoms with Gasteiger partial charge in [0, 0.05) is 99.9 Å². The average Bonchev–Trinajstić information content (AvgIpc) is 3.84. The van der Waals surface area contributed by atoms with E-state index in [1.807, 2.05) is 12.1 Å². The molecule has 5 aromatic rings. The van der Waals surface area contributed by atoms with Gasteiger partial charge in [0.05, 0.1) is 23.9 Å². The van der Waals surface area contributed by atoms with Crippen molar-refractivity contribution in [3.63, 3.8) is 0 Å². The molecule has 19 heteroatoms. The molecule has 6 amide bonds. The van der Waals surface area contributed by atoms with Gasteiger partial charge >= 0.3 is 0 Å². The van der Waals surface area contributed by atoms with Crippen LogP contribution < -0.4 is 35.6 Å². The number of anilines is 4. The lowest BCUT2D eigenvalue weighted by atomic mass is 9.95. The minimum Gasteiger partial charge on any atom is -0.495 e. The number of benzene rings is 3. The topological polar surface area (TPSA) is 208 Å². The van der Waals surface area contributed by atoms with E-state index in [0.29, 0.717) is 83.6 Å². The lowest BCUT2D eigenvalue weighted by Gasteiger charge is -2.39. The molecule has 72 heavy (non-hydrogen) atoms. The van der Waals surface area contributed by atoms with Gasteiger partial charge < -0.3 is 35.2 Å². The van der Waals surface area contributed by atoms with Gasteiger partial charge in [-0.2, -0.15) is 0 Å². The smallest absolute Gasteiger partial charge is 0.256 e. The molecule has 4 N–H and O–H groups in total. The van der Waals surface area contributed by atoms with Gasteiger partial charge in [-0.05, 0) is 123 Å². The number of carbonyl (C=O) groups excluding carboxylic acids is 6. The van der Waals surface area contributed by atoms with Crippen LogP contribution in [0.2, 0.25) is 0 Å². The van der Waals surface area contributed by atoms with Gasteiger partial charge in [-0.15, -0.1) is 0 Å². The second-order valence-electron chi connectivity index (χ2n) is 19.8. The molecule has 2 aromatic heterocycles. The Hall–Kier alpha value is -7.51. The maximum atomic E-state index is 13.3. The molecule has 11 rings (SSSR count). The highest BCUT2D eigenvalue weighted by Gasteiger charge is 2.56. The monoisotopic (exact) mass is 978 g/mol. The van der Waals surface area contributed by atoms with Gasteiger partial charge in [-0.25, -0.2) is 9.37 Å². The number of amides is 6. The van der Waals surface area contributed by atoms with E-state index in [4.69, 9.17) is 14.5 Å². The Morgan fingerprint density at radius 1 is 0.833 bits per heavy atom. The molecule has 7 heterocycles. The summed E-state index contributed by atoms with van der Waals surface area (Å²) in [5, 5.41) is 11.6. The van der Waals surface area contributed by atoms with Crippen LogP contribution in [0.15, 0.2) is 85.2 Å². The lowest BCUT2D eigenvalue weighted by molar-refractivity contribution is -0.137. The van der Waals surface area contributed by atoms with E-state index >= 15 is 0 Å². The van der Waals surface area contributed by atoms with E-state index in [1.165, 1.54) is 35.4 Å². The molecule has 372 valence electrons. The minimum absolute atomic E-state index is 0.140. The third kappa shape index (κ3) is 9.41. The summed E-state index contributed by atoms with van der Waals surface area (Å²) in [6.07, 6.45) is 8.01. The molecule has 5 fully saturated rings. The van der Waals surface area contributed by atoms with Gasteiger partial charge in [0.2, 0.25) is 29.5 Å². The number of methoxy groups -OCH3 is 1. The predicted molar refractivity (Wildman–Crippen MR) is 264 cm³/mol. The van der Waals surface area contributed by atoms with E-state index < -0.39 is 35.0 Å². The normalized spacial score (nSPS) is 21.6. The highest BCUT2D eigenvalue weighted by Crippen LogP contribution is 2.48. The Balaban J connectivity index is 0.634. The maximum Gasteiger partial charge on any atom is 0.256 e. The molecule has 3 atom stereocenters. The van der Waals surface area contributed by atoms with Crippen molar-refractivity contribution in [2.75, 3.05) is 67.2 Å². The van der Waals surface area contributed by atoms with Crippen LogP contribution in [0.5, 0.6) is 17.2 Å². The first kappa shape index (κ1) is 46.8. The second-order valence-corrected chi connectivity index (χ2v) is 19.8. The van der Waals surface area contributed by atoms with E-state index in [2.05, 4.69) is 47.0 Å². The third-order valence-electron chi connectivity index (χ3n) is 15.3. The van der Waals surface area contributed by atoms with Crippen molar-refractivity contribution in [3.05, 3.63) is 102 Å².